The van der Waals surface area contributed by atoms with E-state index in [4.69, 9.17) is 4.74 Å². The fraction of sp³-hybridized carbons (Fsp3) is 0.481. The molecule has 2 amide bonds. The van der Waals surface area contributed by atoms with Gasteiger partial charge in [-0.05, 0) is 76.0 Å². The van der Waals surface area contributed by atoms with Crippen molar-refractivity contribution in [3.05, 3.63) is 64.7 Å². The normalized spacial score (nSPS) is 18.6. The van der Waals surface area contributed by atoms with E-state index < -0.39 is 6.10 Å². The van der Waals surface area contributed by atoms with Crippen LogP contribution in [-0.4, -0.2) is 61.4 Å². The summed E-state index contributed by atoms with van der Waals surface area (Å²) < 4.78 is 6.03. The fourth-order valence-corrected chi connectivity index (χ4v) is 4.47. The Morgan fingerprint density at radius 1 is 1.18 bits per heavy atom. The highest BCUT2D eigenvalue weighted by Crippen LogP contribution is 2.41. The number of fused-ring (bicyclic) bond motifs is 1. The number of nitrogens with one attached hydrogen (secondary N) is 1. The Hall–Kier alpha value is -2.86. The SMILES string of the molecule is Cc1cccc(C2c3cc(OC(C)C(=O)NCCN(C)C)ccc3CCN2C(=O)C2CC2)c1. The zero-order valence-electron chi connectivity index (χ0n) is 20.1. The van der Waals surface area contributed by atoms with Gasteiger partial charge in [-0.1, -0.05) is 35.9 Å². The minimum absolute atomic E-state index is 0.129. The van der Waals surface area contributed by atoms with Crippen molar-refractivity contribution in [1.29, 1.82) is 0 Å². The summed E-state index contributed by atoms with van der Waals surface area (Å²) >= 11 is 0. The second-order valence-electron chi connectivity index (χ2n) is 9.59. The van der Waals surface area contributed by atoms with Crippen molar-refractivity contribution in [3.8, 4) is 5.75 Å². The molecule has 0 radical (unpaired) electrons. The van der Waals surface area contributed by atoms with Gasteiger partial charge in [-0.25, -0.2) is 0 Å². The highest BCUT2D eigenvalue weighted by Gasteiger charge is 2.39. The van der Waals surface area contributed by atoms with Gasteiger partial charge in [-0.15, -0.1) is 0 Å². The maximum Gasteiger partial charge on any atom is 0.260 e. The van der Waals surface area contributed by atoms with Gasteiger partial charge in [0.25, 0.3) is 5.91 Å². The van der Waals surface area contributed by atoms with Crippen LogP contribution < -0.4 is 10.1 Å². The van der Waals surface area contributed by atoms with Crippen LogP contribution in [0.2, 0.25) is 0 Å². The number of likely N-dealkylation sites (N-methyl/N-ethyl adjacent to an activating group) is 1. The molecule has 1 heterocycles. The smallest absolute Gasteiger partial charge is 0.260 e. The Morgan fingerprint density at radius 3 is 2.67 bits per heavy atom. The first-order valence-corrected chi connectivity index (χ1v) is 11.9. The minimum atomic E-state index is -0.601. The Morgan fingerprint density at radius 2 is 1.97 bits per heavy atom. The summed E-state index contributed by atoms with van der Waals surface area (Å²) in [7, 11) is 3.95. The monoisotopic (exact) mass is 449 g/mol. The molecule has 0 bridgehead atoms. The van der Waals surface area contributed by atoms with Crippen molar-refractivity contribution in [2.75, 3.05) is 33.7 Å². The molecule has 4 rings (SSSR count). The summed E-state index contributed by atoms with van der Waals surface area (Å²) in [4.78, 5) is 29.7. The van der Waals surface area contributed by atoms with Crippen LogP contribution in [0.25, 0.3) is 0 Å². The topological polar surface area (TPSA) is 61.9 Å². The third-order valence-electron chi connectivity index (χ3n) is 6.45. The number of rotatable bonds is 8. The van der Waals surface area contributed by atoms with Gasteiger partial charge in [-0.3, -0.25) is 9.59 Å². The Balaban J connectivity index is 1.58. The van der Waals surface area contributed by atoms with Crippen molar-refractivity contribution in [2.45, 2.75) is 45.3 Å². The predicted octanol–water partition coefficient (Wildman–Crippen LogP) is 3.32. The standard InChI is InChI=1S/C27H35N3O3/c1-18-6-5-7-22(16-18)25-24-17-23(33-19(2)26(31)28-13-15-29(3)4)11-10-20(24)12-14-30(25)27(32)21-8-9-21/h5-7,10-11,16-17,19,21,25H,8-9,12-15H2,1-4H3,(H,28,31). The third kappa shape index (κ3) is 5.56. The van der Waals surface area contributed by atoms with Gasteiger partial charge in [0.05, 0.1) is 6.04 Å². The molecule has 0 spiro atoms. The van der Waals surface area contributed by atoms with Crippen molar-refractivity contribution >= 4 is 11.8 Å². The number of hydrogen-bond donors (Lipinski definition) is 1. The van der Waals surface area contributed by atoms with Crippen molar-refractivity contribution < 1.29 is 14.3 Å². The number of amides is 2. The summed E-state index contributed by atoms with van der Waals surface area (Å²) in [5.74, 6) is 0.953. The second-order valence-corrected chi connectivity index (χ2v) is 9.59. The summed E-state index contributed by atoms with van der Waals surface area (Å²) in [6, 6.07) is 14.3. The van der Waals surface area contributed by atoms with E-state index in [-0.39, 0.29) is 23.8 Å². The molecule has 2 atom stereocenters. The van der Waals surface area contributed by atoms with Crippen LogP contribution in [0, 0.1) is 12.8 Å². The molecule has 1 aliphatic heterocycles. The number of ether oxygens (including phenoxy) is 1. The molecule has 2 unspecified atom stereocenters. The Bertz CT molecular complexity index is 1020. The third-order valence-corrected chi connectivity index (χ3v) is 6.45. The fourth-order valence-electron chi connectivity index (χ4n) is 4.47. The number of benzene rings is 2. The first-order chi connectivity index (χ1) is 15.8. The quantitative estimate of drug-likeness (QED) is 0.672. The first-order valence-electron chi connectivity index (χ1n) is 11.9. The molecule has 1 fully saturated rings. The molecule has 176 valence electrons. The van der Waals surface area contributed by atoms with Crippen LogP contribution in [0.3, 0.4) is 0 Å². The zero-order chi connectivity index (χ0) is 23.5. The largest absolute Gasteiger partial charge is 0.481 e. The molecule has 2 aromatic carbocycles. The molecule has 6 heteroatoms. The van der Waals surface area contributed by atoms with E-state index >= 15 is 0 Å². The van der Waals surface area contributed by atoms with Gasteiger partial charge in [0.1, 0.15) is 5.75 Å². The molecule has 6 nitrogen and oxygen atoms in total. The van der Waals surface area contributed by atoms with Gasteiger partial charge in [-0.2, -0.15) is 0 Å². The van der Waals surface area contributed by atoms with Gasteiger partial charge in [0.15, 0.2) is 6.10 Å². The van der Waals surface area contributed by atoms with E-state index in [1.54, 1.807) is 6.92 Å². The van der Waals surface area contributed by atoms with E-state index in [0.717, 1.165) is 43.5 Å². The van der Waals surface area contributed by atoms with Crippen LogP contribution in [0.15, 0.2) is 42.5 Å². The van der Waals surface area contributed by atoms with Gasteiger partial charge in [0.2, 0.25) is 5.91 Å². The number of aryl methyl sites for hydroxylation is 1. The lowest BCUT2D eigenvalue weighted by atomic mass is 9.87. The van der Waals surface area contributed by atoms with Crippen LogP contribution in [-0.2, 0) is 16.0 Å². The molecule has 1 aliphatic carbocycles. The summed E-state index contributed by atoms with van der Waals surface area (Å²) in [5.41, 5.74) is 4.63. The van der Waals surface area contributed by atoms with E-state index in [1.807, 2.05) is 31.1 Å². The number of nitrogens with zero attached hydrogens (tertiary/aromatic N) is 2. The molecular weight excluding hydrogens is 414 g/mol. The van der Waals surface area contributed by atoms with Crippen LogP contribution in [0.4, 0.5) is 0 Å². The zero-order valence-corrected chi connectivity index (χ0v) is 20.1. The maximum atomic E-state index is 13.2. The molecule has 0 aromatic heterocycles. The molecule has 1 saturated carbocycles. The lowest BCUT2D eigenvalue weighted by molar-refractivity contribution is -0.134. The van der Waals surface area contributed by atoms with Gasteiger partial charge < -0.3 is 19.9 Å². The lowest BCUT2D eigenvalue weighted by Crippen LogP contribution is -2.41. The van der Waals surface area contributed by atoms with Crippen LogP contribution in [0.5, 0.6) is 5.75 Å². The Kier molecular flexibility index (Phi) is 7.03. The average Bonchev–Trinajstić information content (AvgIpc) is 3.63. The van der Waals surface area contributed by atoms with E-state index in [9.17, 15) is 9.59 Å². The first kappa shape index (κ1) is 23.3. The Labute approximate surface area is 196 Å². The van der Waals surface area contributed by atoms with E-state index in [0.29, 0.717) is 12.3 Å². The average molecular weight is 450 g/mol. The van der Waals surface area contributed by atoms with Gasteiger partial charge in [0, 0.05) is 25.6 Å². The number of carbonyl (C=O) groups is 2. The molecular formula is C27H35N3O3. The van der Waals surface area contributed by atoms with Crippen molar-refractivity contribution in [3.63, 3.8) is 0 Å². The minimum Gasteiger partial charge on any atom is -0.481 e. The maximum absolute atomic E-state index is 13.2. The van der Waals surface area contributed by atoms with Gasteiger partial charge >= 0.3 is 0 Å². The molecule has 2 aliphatic rings. The van der Waals surface area contributed by atoms with Crippen molar-refractivity contribution in [1.82, 2.24) is 15.1 Å². The second kappa shape index (κ2) is 9.96. The predicted molar refractivity (Wildman–Crippen MR) is 129 cm³/mol. The highest BCUT2D eigenvalue weighted by molar-refractivity contribution is 5.82. The van der Waals surface area contributed by atoms with Crippen LogP contribution in [0.1, 0.15) is 48.1 Å². The number of carbonyl (C=O) groups excluding carboxylic acids is 2. The highest BCUT2D eigenvalue weighted by atomic mass is 16.5. The molecule has 1 N–H and O–H groups in total. The van der Waals surface area contributed by atoms with E-state index in [2.05, 4.69) is 47.5 Å². The molecule has 33 heavy (non-hydrogen) atoms. The van der Waals surface area contributed by atoms with Crippen LogP contribution >= 0.6 is 0 Å². The molecule has 0 saturated heterocycles. The van der Waals surface area contributed by atoms with Crippen molar-refractivity contribution in [2.24, 2.45) is 5.92 Å². The lowest BCUT2D eigenvalue weighted by Gasteiger charge is -2.38. The molecule has 2 aromatic rings. The van der Waals surface area contributed by atoms with E-state index in [1.165, 1.54) is 11.1 Å². The summed E-state index contributed by atoms with van der Waals surface area (Å²) in [6.07, 6.45) is 2.21. The summed E-state index contributed by atoms with van der Waals surface area (Å²) in [6.45, 7) is 5.94. The number of hydrogen-bond acceptors (Lipinski definition) is 4. The summed E-state index contributed by atoms with van der Waals surface area (Å²) in [5, 5.41) is 2.92.